The molecule has 0 spiro atoms. The van der Waals surface area contributed by atoms with Gasteiger partial charge in [0, 0.05) is 19.5 Å². The molecule has 128 valence electrons. The van der Waals surface area contributed by atoms with E-state index in [1.165, 1.54) is 6.07 Å². The number of likely N-dealkylation sites (N-methyl/N-ethyl adjacent to an activating group) is 1. The highest BCUT2D eigenvalue weighted by Crippen LogP contribution is 2.14. The first-order valence-electron chi connectivity index (χ1n) is 7.36. The summed E-state index contributed by atoms with van der Waals surface area (Å²) in [7, 11) is -3.64. The highest BCUT2D eigenvalue weighted by Gasteiger charge is 2.15. The molecule has 0 aliphatic rings. The summed E-state index contributed by atoms with van der Waals surface area (Å²) >= 11 is 0. The van der Waals surface area contributed by atoms with Crippen molar-refractivity contribution < 1.29 is 18.0 Å². The minimum atomic E-state index is -3.64. The molecule has 23 heavy (non-hydrogen) atoms. The van der Waals surface area contributed by atoms with E-state index in [4.69, 9.17) is 0 Å². The quantitative estimate of drug-likeness (QED) is 0.629. The number of sulfonamides is 1. The van der Waals surface area contributed by atoms with Gasteiger partial charge in [0.25, 0.3) is 0 Å². The Balaban J connectivity index is 2.46. The summed E-state index contributed by atoms with van der Waals surface area (Å²) in [5.41, 5.74) is 1.89. The second-order valence-electron chi connectivity index (χ2n) is 5.12. The number of aryl methyl sites for hydroxylation is 2. The van der Waals surface area contributed by atoms with Crippen LogP contribution in [-0.4, -0.2) is 39.9 Å². The maximum atomic E-state index is 12.1. The predicted molar refractivity (Wildman–Crippen MR) is 87.4 cm³/mol. The second-order valence-corrected chi connectivity index (χ2v) is 6.89. The topological polar surface area (TPSA) is 104 Å². The fraction of sp³-hybridized carbons (Fsp3) is 0.467. The molecule has 0 unspecified atom stereocenters. The van der Waals surface area contributed by atoms with E-state index in [2.05, 4.69) is 15.4 Å². The number of rotatable bonds is 8. The van der Waals surface area contributed by atoms with E-state index in [0.717, 1.165) is 11.1 Å². The first-order chi connectivity index (χ1) is 10.8. The van der Waals surface area contributed by atoms with E-state index in [1.54, 1.807) is 19.1 Å². The number of hydrogen-bond acceptors (Lipinski definition) is 4. The van der Waals surface area contributed by atoms with E-state index >= 15 is 0 Å². The SMILES string of the molecule is CCNC(=O)CNC(=O)CCNS(=O)(=O)c1ccc(C)c(C)c1. The second kappa shape index (κ2) is 8.64. The van der Waals surface area contributed by atoms with Crippen molar-refractivity contribution in [1.29, 1.82) is 0 Å². The molecule has 0 bridgehead atoms. The molecule has 0 aliphatic carbocycles. The summed E-state index contributed by atoms with van der Waals surface area (Å²) in [5.74, 6) is -0.671. The average Bonchev–Trinajstić information content (AvgIpc) is 2.48. The van der Waals surface area contributed by atoms with Gasteiger partial charge in [0.15, 0.2) is 0 Å². The molecule has 1 aromatic carbocycles. The molecule has 0 saturated carbocycles. The Morgan fingerprint density at radius 1 is 1.04 bits per heavy atom. The molecular formula is C15H23N3O4S. The van der Waals surface area contributed by atoms with Gasteiger partial charge in [-0.25, -0.2) is 13.1 Å². The summed E-state index contributed by atoms with van der Waals surface area (Å²) in [6.45, 7) is 5.86. The molecule has 0 saturated heterocycles. The molecule has 1 aromatic rings. The van der Waals surface area contributed by atoms with Crippen LogP contribution in [-0.2, 0) is 19.6 Å². The number of hydrogen-bond donors (Lipinski definition) is 3. The standard InChI is InChI=1S/C15H23N3O4S/c1-4-16-15(20)10-17-14(19)7-8-18-23(21,22)13-6-5-11(2)12(3)9-13/h5-6,9,18H,4,7-8,10H2,1-3H3,(H,16,20)(H,17,19). The molecule has 0 radical (unpaired) electrons. The third-order valence-electron chi connectivity index (χ3n) is 3.25. The van der Waals surface area contributed by atoms with Crippen molar-refractivity contribution in [3.05, 3.63) is 29.3 Å². The summed E-state index contributed by atoms with van der Waals surface area (Å²) in [5, 5.41) is 4.97. The van der Waals surface area contributed by atoms with Crippen LogP contribution in [0.1, 0.15) is 24.5 Å². The van der Waals surface area contributed by atoms with Crippen molar-refractivity contribution in [3.8, 4) is 0 Å². The van der Waals surface area contributed by atoms with Crippen molar-refractivity contribution >= 4 is 21.8 Å². The van der Waals surface area contributed by atoms with E-state index in [-0.39, 0.29) is 36.2 Å². The minimum Gasteiger partial charge on any atom is -0.355 e. The lowest BCUT2D eigenvalue weighted by Gasteiger charge is -2.09. The van der Waals surface area contributed by atoms with Crippen molar-refractivity contribution in [1.82, 2.24) is 15.4 Å². The highest BCUT2D eigenvalue weighted by atomic mass is 32.2. The molecule has 7 nitrogen and oxygen atoms in total. The maximum absolute atomic E-state index is 12.1. The zero-order valence-electron chi connectivity index (χ0n) is 13.6. The minimum absolute atomic E-state index is 0.0313. The number of nitrogens with one attached hydrogen (secondary N) is 3. The van der Waals surface area contributed by atoms with Crippen LogP contribution < -0.4 is 15.4 Å². The van der Waals surface area contributed by atoms with Gasteiger partial charge in [-0.05, 0) is 44.0 Å². The lowest BCUT2D eigenvalue weighted by atomic mass is 10.1. The molecule has 0 fully saturated rings. The van der Waals surface area contributed by atoms with Gasteiger partial charge in [-0.3, -0.25) is 9.59 Å². The smallest absolute Gasteiger partial charge is 0.240 e. The third-order valence-corrected chi connectivity index (χ3v) is 4.71. The van der Waals surface area contributed by atoms with Crippen LogP contribution in [0.5, 0.6) is 0 Å². The fourth-order valence-electron chi connectivity index (χ4n) is 1.79. The Kier molecular flexibility index (Phi) is 7.18. The monoisotopic (exact) mass is 341 g/mol. The highest BCUT2D eigenvalue weighted by molar-refractivity contribution is 7.89. The number of benzene rings is 1. The van der Waals surface area contributed by atoms with Crippen molar-refractivity contribution in [2.45, 2.75) is 32.1 Å². The normalized spacial score (nSPS) is 11.1. The molecular weight excluding hydrogens is 318 g/mol. The van der Waals surface area contributed by atoms with Crippen LogP contribution in [0.15, 0.2) is 23.1 Å². The van der Waals surface area contributed by atoms with E-state index < -0.39 is 10.0 Å². The van der Waals surface area contributed by atoms with Crippen molar-refractivity contribution in [2.24, 2.45) is 0 Å². The molecule has 1 rings (SSSR count). The van der Waals surface area contributed by atoms with Gasteiger partial charge in [0.05, 0.1) is 11.4 Å². The lowest BCUT2D eigenvalue weighted by Crippen LogP contribution is -2.38. The molecule has 0 heterocycles. The molecule has 0 aliphatic heterocycles. The van der Waals surface area contributed by atoms with Crippen molar-refractivity contribution in [2.75, 3.05) is 19.6 Å². The summed E-state index contributed by atoms with van der Waals surface area (Å²) in [6, 6.07) is 4.86. The van der Waals surface area contributed by atoms with Crippen LogP contribution in [0.4, 0.5) is 0 Å². The van der Waals surface area contributed by atoms with Gasteiger partial charge < -0.3 is 10.6 Å². The van der Waals surface area contributed by atoms with Crippen molar-refractivity contribution in [3.63, 3.8) is 0 Å². The fourth-order valence-corrected chi connectivity index (χ4v) is 2.91. The van der Waals surface area contributed by atoms with Crippen LogP contribution in [0.25, 0.3) is 0 Å². The number of amides is 2. The zero-order valence-corrected chi connectivity index (χ0v) is 14.4. The summed E-state index contributed by atoms with van der Waals surface area (Å²) in [6.07, 6.45) is -0.0382. The Bertz CT molecular complexity index is 671. The molecule has 0 aromatic heterocycles. The van der Waals surface area contributed by atoms with E-state index in [1.807, 2.05) is 13.8 Å². The maximum Gasteiger partial charge on any atom is 0.240 e. The van der Waals surface area contributed by atoms with Gasteiger partial charge in [0.1, 0.15) is 0 Å². The predicted octanol–water partition coefficient (Wildman–Crippen LogP) is 0.224. The number of carbonyl (C=O) groups is 2. The van der Waals surface area contributed by atoms with Gasteiger partial charge in [-0.2, -0.15) is 0 Å². The average molecular weight is 341 g/mol. The first kappa shape index (κ1) is 19.1. The lowest BCUT2D eigenvalue weighted by molar-refractivity contribution is -0.125. The van der Waals surface area contributed by atoms with Crippen LogP contribution in [0, 0.1) is 13.8 Å². The van der Waals surface area contributed by atoms with Crippen LogP contribution >= 0.6 is 0 Å². The number of carbonyl (C=O) groups excluding carboxylic acids is 2. The largest absolute Gasteiger partial charge is 0.355 e. The third kappa shape index (κ3) is 6.37. The Morgan fingerprint density at radius 3 is 2.35 bits per heavy atom. The Labute approximate surface area is 136 Å². The zero-order chi connectivity index (χ0) is 17.5. The van der Waals surface area contributed by atoms with E-state index in [0.29, 0.717) is 6.54 Å². The molecule has 3 N–H and O–H groups in total. The molecule has 0 atom stereocenters. The summed E-state index contributed by atoms with van der Waals surface area (Å²) < 4.78 is 26.6. The van der Waals surface area contributed by atoms with Gasteiger partial charge in [0.2, 0.25) is 21.8 Å². The Hall–Kier alpha value is -1.93. The molecule has 8 heteroatoms. The Morgan fingerprint density at radius 2 is 1.74 bits per heavy atom. The van der Waals surface area contributed by atoms with Crippen LogP contribution in [0.2, 0.25) is 0 Å². The van der Waals surface area contributed by atoms with Gasteiger partial charge in [-0.15, -0.1) is 0 Å². The van der Waals surface area contributed by atoms with Gasteiger partial charge >= 0.3 is 0 Å². The molecule has 2 amide bonds. The van der Waals surface area contributed by atoms with Gasteiger partial charge in [-0.1, -0.05) is 6.07 Å². The first-order valence-corrected chi connectivity index (χ1v) is 8.85. The van der Waals surface area contributed by atoms with E-state index in [9.17, 15) is 18.0 Å². The van der Waals surface area contributed by atoms with Crippen LogP contribution in [0.3, 0.4) is 0 Å². The summed E-state index contributed by atoms with van der Waals surface area (Å²) in [4.78, 5) is 22.9.